The molecule has 24 heavy (non-hydrogen) atoms. The quantitative estimate of drug-likeness (QED) is 0.740. The average Bonchev–Trinajstić information content (AvgIpc) is 2.90. The first-order valence-electron chi connectivity index (χ1n) is 7.27. The Kier molecular flexibility index (Phi) is 5.51. The van der Waals surface area contributed by atoms with Crippen LogP contribution in [0.15, 0.2) is 30.3 Å². The van der Waals surface area contributed by atoms with Crippen LogP contribution in [0, 0.1) is 0 Å². The Morgan fingerprint density at radius 1 is 1.17 bits per heavy atom. The van der Waals surface area contributed by atoms with Gasteiger partial charge in [0.1, 0.15) is 4.88 Å². The molecule has 0 aliphatic heterocycles. The molecule has 0 radical (unpaired) electrons. The minimum atomic E-state index is -0.478. The summed E-state index contributed by atoms with van der Waals surface area (Å²) < 4.78 is 4.80. The monoisotopic (exact) mass is 366 g/mol. The Bertz CT molecular complexity index is 765. The van der Waals surface area contributed by atoms with E-state index in [9.17, 15) is 9.59 Å². The molecule has 0 spiro atoms. The Balaban J connectivity index is 2.22. The summed E-state index contributed by atoms with van der Waals surface area (Å²) in [5.41, 5.74) is 0.846. The number of nitrogens with one attached hydrogen (secondary N) is 2. The SMILES string of the molecule is COC(=O)c1sc(C(C)(C)C)cc1NC(=O)Nc1cccc(Cl)c1. The van der Waals surface area contributed by atoms with Crippen LogP contribution in [0.2, 0.25) is 5.02 Å². The summed E-state index contributed by atoms with van der Waals surface area (Å²) in [7, 11) is 1.31. The normalized spacial score (nSPS) is 11.0. The Morgan fingerprint density at radius 2 is 1.88 bits per heavy atom. The molecule has 7 heteroatoms. The predicted octanol–water partition coefficient (Wildman–Crippen LogP) is 5.13. The molecule has 1 aromatic carbocycles. The second kappa shape index (κ2) is 7.23. The second-order valence-corrected chi connectivity index (χ2v) is 7.67. The predicted molar refractivity (Wildman–Crippen MR) is 98.5 cm³/mol. The number of urea groups is 1. The van der Waals surface area contributed by atoms with Gasteiger partial charge in [-0.25, -0.2) is 9.59 Å². The summed E-state index contributed by atoms with van der Waals surface area (Å²) >= 11 is 7.21. The lowest BCUT2D eigenvalue weighted by atomic mass is 9.94. The summed E-state index contributed by atoms with van der Waals surface area (Å²) in [4.78, 5) is 25.5. The number of rotatable bonds is 3. The third-order valence-corrected chi connectivity index (χ3v) is 4.95. The molecule has 0 atom stereocenters. The molecular formula is C17H19ClN2O3S. The zero-order valence-corrected chi connectivity index (χ0v) is 15.5. The van der Waals surface area contributed by atoms with Gasteiger partial charge in [0.05, 0.1) is 12.8 Å². The Morgan fingerprint density at radius 3 is 2.46 bits per heavy atom. The highest BCUT2D eigenvalue weighted by Gasteiger charge is 2.24. The number of benzene rings is 1. The van der Waals surface area contributed by atoms with Crippen LogP contribution in [0.1, 0.15) is 35.3 Å². The first-order valence-corrected chi connectivity index (χ1v) is 8.46. The number of halogens is 1. The van der Waals surface area contributed by atoms with Crippen molar-refractivity contribution >= 4 is 46.3 Å². The van der Waals surface area contributed by atoms with Crippen molar-refractivity contribution in [3.63, 3.8) is 0 Å². The maximum absolute atomic E-state index is 12.2. The smallest absolute Gasteiger partial charge is 0.350 e. The average molecular weight is 367 g/mol. The third kappa shape index (κ3) is 4.49. The lowest BCUT2D eigenvalue weighted by Crippen LogP contribution is -2.20. The van der Waals surface area contributed by atoms with E-state index in [1.54, 1.807) is 30.3 Å². The Hall–Kier alpha value is -2.05. The molecule has 2 aromatic rings. The lowest BCUT2D eigenvalue weighted by molar-refractivity contribution is 0.0607. The number of amides is 2. The van der Waals surface area contributed by atoms with Crippen molar-refractivity contribution in [3.05, 3.63) is 45.1 Å². The summed E-state index contributed by atoms with van der Waals surface area (Å²) in [6, 6.07) is 8.15. The summed E-state index contributed by atoms with van der Waals surface area (Å²) in [5, 5.41) is 5.91. The zero-order valence-electron chi connectivity index (χ0n) is 13.9. The summed E-state index contributed by atoms with van der Waals surface area (Å²) in [6.07, 6.45) is 0. The van der Waals surface area contributed by atoms with Crippen molar-refractivity contribution in [3.8, 4) is 0 Å². The number of methoxy groups -OCH3 is 1. The molecule has 2 N–H and O–H groups in total. The van der Waals surface area contributed by atoms with Gasteiger partial charge < -0.3 is 15.4 Å². The molecule has 5 nitrogen and oxygen atoms in total. The van der Waals surface area contributed by atoms with Gasteiger partial charge in [-0.05, 0) is 29.7 Å². The van der Waals surface area contributed by atoms with Crippen LogP contribution in [0.4, 0.5) is 16.2 Å². The van der Waals surface area contributed by atoms with Gasteiger partial charge in [0.15, 0.2) is 0 Å². The van der Waals surface area contributed by atoms with E-state index in [4.69, 9.17) is 16.3 Å². The molecular weight excluding hydrogens is 348 g/mol. The fourth-order valence-corrected chi connectivity index (χ4v) is 3.23. The van der Waals surface area contributed by atoms with Crippen LogP contribution in [0.3, 0.4) is 0 Å². The molecule has 128 valence electrons. The van der Waals surface area contributed by atoms with E-state index in [2.05, 4.69) is 10.6 Å². The van der Waals surface area contributed by atoms with Crippen LogP contribution >= 0.6 is 22.9 Å². The van der Waals surface area contributed by atoms with Crippen molar-refractivity contribution in [2.24, 2.45) is 0 Å². The maximum atomic E-state index is 12.2. The van der Waals surface area contributed by atoms with Crippen molar-refractivity contribution < 1.29 is 14.3 Å². The highest BCUT2D eigenvalue weighted by Crippen LogP contribution is 2.36. The summed E-state index contributed by atoms with van der Waals surface area (Å²) in [6.45, 7) is 6.11. The zero-order chi connectivity index (χ0) is 17.9. The van der Waals surface area contributed by atoms with Gasteiger partial charge in [-0.1, -0.05) is 38.4 Å². The molecule has 0 aliphatic rings. The lowest BCUT2D eigenvalue weighted by Gasteiger charge is -2.15. The fraction of sp³-hybridized carbons (Fsp3) is 0.294. The molecule has 0 saturated carbocycles. The first-order chi connectivity index (χ1) is 11.2. The number of hydrogen-bond acceptors (Lipinski definition) is 4. The Labute approximate surface area is 150 Å². The minimum Gasteiger partial charge on any atom is -0.465 e. The van der Waals surface area contributed by atoms with Gasteiger partial charge in [-0.3, -0.25) is 0 Å². The fourth-order valence-electron chi connectivity index (χ4n) is 1.95. The number of carbonyl (C=O) groups is 2. The molecule has 2 amide bonds. The van der Waals surface area contributed by atoms with E-state index in [1.165, 1.54) is 18.4 Å². The van der Waals surface area contributed by atoms with Crippen molar-refractivity contribution in [1.29, 1.82) is 0 Å². The highest BCUT2D eigenvalue weighted by atomic mass is 35.5. The molecule has 1 aromatic heterocycles. The third-order valence-electron chi connectivity index (χ3n) is 3.17. The highest BCUT2D eigenvalue weighted by molar-refractivity contribution is 7.14. The standard InChI is InChI=1S/C17H19ClN2O3S/c1-17(2,3)13-9-12(14(24-13)15(21)23-4)20-16(22)19-11-7-5-6-10(18)8-11/h5-9H,1-4H3,(H2,19,20,22). The first kappa shape index (κ1) is 18.3. The van der Waals surface area contributed by atoms with E-state index in [1.807, 2.05) is 20.8 Å². The molecule has 2 rings (SSSR count). The molecule has 0 aliphatic carbocycles. The van der Waals surface area contributed by atoms with Crippen molar-refractivity contribution in [2.45, 2.75) is 26.2 Å². The van der Waals surface area contributed by atoms with Crippen molar-refractivity contribution in [1.82, 2.24) is 0 Å². The van der Waals surface area contributed by atoms with E-state index >= 15 is 0 Å². The van der Waals surface area contributed by atoms with Crippen molar-refractivity contribution in [2.75, 3.05) is 17.7 Å². The molecule has 0 unspecified atom stereocenters. The maximum Gasteiger partial charge on any atom is 0.350 e. The van der Waals surface area contributed by atoms with Crippen LogP contribution in [0.5, 0.6) is 0 Å². The molecule has 0 fully saturated rings. The largest absolute Gasteiger partial charge is 0.465 e. The van der Waals surface area contributed by atoms with Crippen LogP contribution < -0.4 is 10.6 Å². The van der Waals surface area contributed by atoms with Gasteiger partial charge in [0.2, 0.25) is 0 Å². The topological polar surface area (TPSA) is 67.4 Å². The van der Waals surface area contributed by atoms with Gasteiger partial charge in [-0.2, -0.15) is 0 Å². The van der Waals surface area contributed by atoms with E-state index in [0.717, 1.165) is 4.88 Å². The van der Waals surface area contributed by atoms with E-state index < -0.39 is 12.0 Å². The van der Waals surface area contributed by atoms with Gasteiger partial charge in [0.25, 0.3) is 0 Å². The van der Waals surface area contributed by atoms with Gasteiger partial charge >= 0.3 is 12.0 Å². The number of anilines is 2. The number of ether oxygens (including phenoxy) is 1. The van der Waals surface area contributed by atoms with Crippen LogP contribution in [0.25, 0.3) is 0 Å². The van der Waals surface area contributed by atoms with Crippen LogP contribution in [-0.4, -0.2) is 19.1 Å². The molecule has 1 heterocycles. The number of esters is 1. The van der Waals surface area contributed by atoms with Gasteiger partial charge in [-0.15, -0.1) is 11.3 Å². The minimum absolute atomic E-state index is 0.142. The van der Waals surface area contributed by atoms with E-state index in [0.29, 0.717) is 21.3 Å². The van der Waals surface area contributed by atoms with E-state index in [-0.39, 0.29) is 5.41 Å². The number of carbonyl (C=O) groups excluding carboxylic acids is 2. The number of hydrogen-bond donors (Lipinski definition) is 2. The molecule has 0 bridgehead atoms. The number of thiophene rings is 1. The molecule has 0 saturated heterocycles. The summed E-state index contributed by atoms with van der Waals surface area (Å²) in [5.74, 6) is -0.478. The van der Waals surface area contributed by atoms with Crippen LogP contribution in [-0.2, 0) is 10.2 Å². The second-order valence-electron chi connectivity index (χ2n) is 6.18. The van der Waals surface area contributed by atoms with Gasteiger partial charge in [0, 0.05) is 15.6 Å².